The van der Waals surface area contributed by atoms with Crippen LogP contribution in [0, 0.1) is 26.1 Å². The molecule has 1 heterocycles. The lowest BCUT2D eigenvalue weighted by Gasteiger charge is -2.37. The molecule has 0 aromatic heterocycles. The second-order valence-corrected chi connectivity index (χ2v) is 6.48. The minimum Gasteiger partial charge on any atom is -0.411 e. The molecule has 1 aliphatic rings. The van der Waals surface area contributed by atoms with Crippen molar-refractivity contribution in [1.82, 2.24) is 5.32 Å². The van der Waals surface area contributed by atoms with Gasteiger partial charge in [0.1, 0.15) is 0 Å². The first-order chi connectivity index (χ1) is 12.9. The number of rotatable bonds is 4. The molecule has 28 heavy (non-hydrogen) atoms. The highest BCUT2D eigenvalue weighted by atomic mass is 35.5. The van der Waals surface area contributed by atoms with E-state index in [0.717, 1.165) is 11.1 Å². The molecule has 0 amide bonds. The van der Waals surface area contributed by atoms with Crippen LogP contribution in [0.2, 0.25) is 0 Å². The number of halogens is 1. The van der Waals surface area contributed by atoms with Gasteiger partial charge in [-0.2, -0.15) is 0 Å². The number of benzene rings is 2. The summed E-state index contributed by atoms with van der Waals surface area (Å²) in [5.41, 5.74) is 2.28. The first kappa shape index (κ1) is 21.3. The van der Waals surface area contributed by atoms with Crippen LogP contribution in [0.5, 0.6) is 0 Å². The molecule has 0 aliphatic carbocycles. The Morgan fingerprint density at radius 2 is 1.43 bits per heavy atom. The molecule has 148 valence electrons. The van der Waals surface area contributed by atoms with E-state index in [1.165, 1.54) is 24.3 Å². The fraction of sp³-hybridized carbons (Fsp3) is 0.278. The van der Waals surface area contributed by atoms with E-state index < -0.39 is 9.85 Å². The minimum absolute atomic E-state index is 0. The van der Waals surface area contributed by atoms with Crippen molar-refractivity contribution in [2.24, 2.45) is 11.1 Å². The SMILES string of the molecule is CC1/C(=N/O)CC(c2ccc([N+](=O)[O-])cc2)NC1c1ccc([N+](=O)[O-])cc1.Cl. The second kappa shape index (κ2) is 8.77. The summed E-state index contributed by atoms with van der Waals surface area (Å²) in [6, 6.07) is 12.0. The lowest BCUT2D eigenvalue weighted by molar-refractivity contribution is -0.385. The summed E-state index contributed by atoms with van der Waals surface area (Å²) >= 11 is 0. The molecule has 2 N–H and O–H groups in total. The molecule has 0 saturated carbocycles. The Hall–Kier alpha value is -3.04. The average molecular weight is 407 g/mol. The van der Waals surface area contributed by atoms with E-state index in [2.05, 4.69) is 10.5 Å². The Morgan fingerprint density at radius 1 is 0.964 bits per heavy atom. The van der Waals surface area contributed by atoms with Crippen molar-refractivity contribution in [2.45, 2.75) is 25.4 Å². The van der Waals surface area contributed by atoms with Gasteiger partial charge in [-0.05, 0) is 11.1 Å². The van der Waals surface area contributed by atoms with Crippen LogP contribution in [0.3, 0.4) is 0 Å². The summed E-state index contributed by atoms with van der Waals surface area (Å²) in [6.07, 6.45) is 0.457. The Bertz CT molecular complexity index is 886. The molecular weight excluding hydrogens is 388 g/mol. The van der Waals surface area contributed by atoms with Gasteiger partial charge < -0.3 is 10.5 Å². The van der Waals surface area contributed by atoms with Crippen molar-refractivity contribution in [2.75, 3.05) is 0 Å². The monoisotopic (exact) mass is 406 g/mol. The molecule has 1 fully saturated rings. The number of nitro benzene ring substituents is 2. The molecule has 10 heteroatoms. The van der Waals surface area contributed by atoms with Gasteiger partial charge in [-0.1, -0.05) is 36.3 Å². The summed E-state index contributed by atoms with van der Waals surface area (Å²) in [4.78, 5) is 20.8. The van der Waals surface area contributed by atoms with E-state index >= 15 is 0 Å². The minimum atomic E-state index is -0.458. The molecule has 2 aromatic rings. The molecule has 3 atom stereocenters. The standard InChI is InChI=1S/C18H18N4O5.ClH/c1-11-16(20-23)10-17(12-2-6-14(7-3-12)21(24)25)19-18(11)13-4-8-15(9-5-13)22(26)27;/h2-9,11,17-19,23H,10H2,1H3;1H/b20-16+;. The first-order valence-corrected chi connectivity index (χ1v) is 8.36. The summed E-state index contributed by atoms with van der Waals surface area (Å²) in [5, 5.41) is 38.0. The van der Waals surface area contributed by atoms with Crippen LogP contribution in [0.15, 0.2) is 53.7 Å². The molecule has 0 bridgehead atoms. The van der Waals surface area contributed by atoms with Gasteiger partial charge in [0.25, 0.3) is 11.4 Å². The van der Waals surface area contributed by atoms with Gasteiger partial charge in [0.15, 0.2) is 0 Å². The van der Waals surface area contributed by atoms with E-state index in [1.54, 1.807) is 24.3 Å². The number of oxime groups is 1. The summed E-state index contributed by atoms with van der Waals surface area (Å²) in [5.74, 6) is -0.120. The summed E-state index contributed by atoms with van der Waals surface area (Å²) < 4.78 is 0. The number of nitrogens with zero attached hydrogens (tertiary/aromatic N) is 3. The van der Waals surface area contributed by atoms with Gasteiger partial charge in [-0.15, -0.1) is 12.4 Å². The van der Waals surface area contributed by atoms with E-state index in [0.29, 0.717) is 12.1 Å². The van der Waals surface area contributed by atoms with Gasteiger partial charge in [0.05, 0.1) is 15.6 Å². The molecule has 1 aliphatic heterocycles. The Labute approximate surface area is 166 Å². The predicted octanol–water partition coefficient (Wildman–Crippen LogP) is 4.17. The van der Waals surface area contributed by atoms with Crippen LogP contribution < -0.4 is 5.32 Å². The number of hydrogen-bond donors (Lipinski definition) is 2. The molecule has 3 rings (SSSR count). The molecule has 3 unspecified atom stereocenters. The molecular formula is C18H19ClN4O5. The Balaban J connectivity index is 0.00000280. The van der Waals surface area contributed by atoms with E-state index in [9.17, 15) is 25.4 Å². The van der Waals surface area contributed by atoms with Crippen molar-refractivity contribution in [3.8, 4) is 0 Å². The zero-order valence-corrected chi connectivity index (χ0v) is 15.7. The predicted molar refractivity (Wildman–Crippen MR) is 105 cm³/mol. The fourth-order valence-corrected chi connectivity index (χ4v) is 3.37. The van der Waals surface area contributed by atoms with Gasteiger partial charge in [0.2, 0.25) is 0 Å². The zero-order valence-electron chi connectivity index (χ0n) is 14.9. The number of hydrogen-bond acceptors (Lipinski definition) is 7. The van der Waals surface area contributed by atoms with Gasteiger partial charge in [-0.25, -0.2) is 0 Å². The van der Waals surface area contributed by atoms with Crippen molar-refractivity contribution in [1.29, 1.82) is 0 Å². The number of nitrogens with one attached hydrogen (secondary N) is 1. The van der Waals surface area contributed by atoms with Crippen molar-refractivity contribution in [3.05, 3.63) is 79.9 Å². The van der Waals surface area contributed by atoms with Gasteiger partial charge in [-0.3, -0.25) is 20.2 Å². The maximum atomic E-state index is 10.9. The molecule has 0 radical (unpaired) electrons. The number of piperidine rings is 1. The normalized spacial score (nSPS) is 23.0. The van der Waals surface area contributed by atoms with Gasteiger partial charge >= 0.3 is 0 Å². The highest BCUT2D eigenvalue weighted by molar-refractivity contribution is 5.88. The maximum Gasteiger partial charge on any atom is 0.269 e. The quantitative estimate of drug-likeness (QED) is 0.445. The van der Waals surface area contributed by atoms with Crippen LogP contribution in [-0.2, 0) is 0 Å². The zero-order chi connectivity index (χ0) is 19.6. The van der Waals surface area contributed by atoms with Crippen molar-refractivity contribution in [3.63, 3.8) is 0 Å². The maximum absolute atomic E-state index is 10.9. The van der Waals surface area contributed by atoms with Crippen LogP contribution in [0.4, 0.5) is 11.4 Å². The van der Waals surface area contributed by atoms with Crippen LogP contribution in [-0.4, -0.2) is 20.8 Å². The third-order valence-corrected chi connectivity index (χ3v) is 4.92. The average Bonchev–Trinajstić information content (AvgIpc) is 2.68. The third-order valence-electron chi connectivity index (χ3n) is 4.92. The first-order valence-electron chi connectivity index (χ1n) is 8.36. The lowest BCUT2D eigenvalue weighted by Crippen LogP contribution is -2.41. The van der Waals surface area contributed by atoms with Crippen LogP contribution >= 0.6 is 12.4 Å². The van der Waals surface area contributed by atoms with E-state index in [-0.39, 0.29) is 41.8 Å². The Kier molecular flexibility index (Phi) is 6.66. The third kappa shape index (κ3) is 4.26. The second-order valence-electron chi connectivity index (χ2n) is 6.48. The van der Waals surface area contributed by atoms with Crippen molar-refractivity contribution < 1.29 is 15.1 Å². The molecule has 2 aromatic carbocycles. The number of non-ortho nitro benzene ring substituents is 2. The van der Waals surface area contributed by atoms with Crippen LogP contribution in [0.25, 0.3) is 0 Å². The summed E-state index contributed by atoms with van der Waals surface area (Å²) in [7, 11) is 0. The highest BCUT2D eigenvalue weighted by Gasteiger charge is 2.34. The van der Waals surface area contributed by atoms with Gasteiger partial charge in [0, 0.05) is 48.7 Å². The molecule has 1 saturated heterocycles. The van der Waals surface area contributed by atoms with E-state index in [1.807, 2.05) is 6.92 Å². The van der Waals surface area contributed by atoms with Crippen LogP contribution in [0.1, 0.15) is 36.6 Å². The molecule has 0 spiro atoms. The lowest BCUT2D eigenvalue weighted by atomic mass is 9.81. The molecule has 9 nitrogen and oxygen atoms in total. The summed E-state index contributed by atoms with van der Waals surface area (Å²) in [6.45, 7) is 1.92. The smallest absolute Gasteiger partial charge is 0.269 e. The number of nitro groups is 2. The Morgan fingerprint density at radius 3 is 1.86 bits per heavy atom. The van der Waals surface area contributed by atoms with Crippen molar-refractivity contribution >= 4 is 29.5 Å². The van der Waals surface area contributed by atoms with E-state index in [4.69, 9.17) is 0 Å². The largest absolute Gasteiger partial charge is 0.411 e. The topological polar surface area (TPSA) is 131 Å². The fourth-order valence-electron chi connectivity index (χ4n) is 3.37. The highest BCUT2D eigenvalue weighted by Crippen LogP contribution is 2.36.